The van der Waals surface area contributed by atoms with Crippen molar-refractivity contribution in [3.8, 4) is 5.69 Å². The normalized spacial score (nSPS) is 11.4. The molecule has 3 heteroatoms. The van der Waals surface area contributed by atoms with Gasteiger partial charge >= 0.3 is 0 Å². The summed E-state index contributed by atoms with van der Waals surface area (Å²) in [6, 6.07) is 18.3. The number of para-hydroxylation sites is 2. The first kappa shape index (κ1) is 15.9. The molecular formula is C18H20IrN2. The topological polar surface area (TPSA) is 9.86 Å². The van der Waals surface area contributed by atoms with Crippen LogP contribution in [0.3, 0.4) is 0 Å². The molecule has 2 aromatic carbocycles. The van der Waals surface area contributed by atoms with Gasteiger partial charge in [-0.05, 0) is 12.1 Å². The summed E-state index contributed by atoms with van der Waals surface area (Å²) in [4.78, 5) is 0. The molecule has 0 aliphatic heterocycles. The van der Waals surface area contributed by atoms with Gasteiger partial charge in [-0.15, -0.1) is 17.7 Å². The predicted molar refractivity (Wildman–Crippen MR) is 84.2 cm³/mol. The number of imidazole rings is 1. The minimum atomic E-state index is 0. The molecule has 0 atom stereocenters. The van der Waals surface area contributed by atoms with Crippen molar-refractivity contribution in [2.75, 3.05) is 0 Å². The van der Waals surface area contributed by atoms with E-state index in [4.69, 9.17) is 0 Å². The SMILES string of the molecule is Cn1[cH+]n(-c2[c-]cc(C(C)(C)C)cc2)c2ccccc21.[Ir]. The van der Waals surface area contributed by atoms with Crippen LogP contribution in [0, 0.1) is 6.07 Å². The van der Waals surface area contributed by atoms with Crippen molar-refractivity contribution in [1.82, 2.24) is 9.13 Å². The summed E-state index contributed by atoms with van der Waals surface area (Å²) >= 11 is 0. The summed E-state index contributed by atoms with van der Waals surface area (Å²) < 4.78 is 4.32. The Hall–Kier alpha value is -1.44. The second-order valence-corrected chi connectivity index (χ2v) is 6.30. The average Bonchev–Trinajstić information content (AvgIpc) is 2.76. The molecule has 0 amide bonds. The zero-order valence-electron chi connectivity index (χ0n) is 12.8. The van der Waals surface area contributed by atoms with Gasteiger partial charge in [-0.3, -0.25) is 0 Å². The molecule has 0 aliphatic carbocycles. The molecule has 0 saturated heterocycles. The Morgan fingerprint density at radius 2 is 1.67 bits per heavy atom. The van der Waals surface area contributed by atoms with Crippen molar-refractivity contribution >= 4 is 11.0 Å². The summed E-state index contributed by atoms with van der Waals surface area (Å²) in [5, 5.41) is 0. The Morgan fingerprint density at radius 3 is 2.24 bits per heavy atom. The van der Waals surface area contributed by atoms with Crippen LogP contribution in [0.5, 0.6) is 0 Å². The second kappa shape index (κ2) is 5.75. The molecule has 0 aliphatic rings. The van der Waals surface area contributed by atoms with E-state index < -0.39 is 0 Å². The second-order valence-electron chi connectivity index (χ2n) is 6.30. The van der Waals surface area contributed by atoms with Crippen LogP contribution in [0.2, 0.25) is 0 Å². The summed E-state index contributed by atoms with van der Waals surface area (Å²) in [5.41, 5.74) is 4.98. The van der Waals surface area contributed by atoms with Gasteiger partial charge in [0.15, 0.2) is 17.4 Å². The molecule has 1 heterocycles. The van der Waals surface area contributed by atoms with Crippen molar-refractivity contribution in [1.29, 1.82) is 0 Å². The van der Waals surface area contributed by atoms with Gasteiger partial charge in [0.05, 0.1) is 0 Å². The molecule has 1 aromatic heterocycles. The number of benzene rings is 2. The number of aryl methyl sites for hydroxylation is 1. The fraction of sp³-hybridized carbons (Fsp3) is 0.278. The zero-order chi connectivity index (χ0) is 14.3. The minimum Gasteiger partial charge on any atom is -0.248 e. The molecule has 0 saturated carbocycles. The first-order valence-corrected chi connectivity index (χ1v) is 6.95. The van der Waals surface area contributed by atoms with Gasteiger partial charge in [-0.2, -0.15) is 12.1 Å². The van der Waals surface area contributed by atoms with Crippen molar-refractivity contribution in [3.05, 3.63) is 60.4 Å². The van der Waals surface area contributed by atoms with Crippen LogP contribution in [0.15, 0.2) is 48.8 Å². The van der Waals surface area contributed by atoms with E-state index in [1.165, 1.54) is 16.6 Å². The van der Waals surface area contributed by atoms with E-state index in [9.17, 15) is 0 Å². The van der Waals surface area contributed by atoms with Crippen LogP contribution in [-0.4, -0.2) is 9.13 Å². The van der Waals surface area contributed by atoms with Crippen molar-refractivity contribution < 1.29 is 20.1 Å². The smallest absolute Gasteiger partial charge is 0.188 e. The molecular weight excluding hydrogens is 436 g/mol. The van der Waals surface area contributed by atoms with E-state index in [-0.39, 0.29) is 25.5 Å². The molecule has 2 nitrogen and oxygen atoms in total. The predicted octanol–water partition coefficient (Wildman–Crippen LogP) is 4.35. The number of hydrogen-bond acceptors (Lipinski definition) is 0. The van der Waals surface area contributed by atoms with Gasteiger partial charge in [0, 0.05) is 45.0 Å². The van der Waals surface area contributed by atoms with Gasteiger partial charge < -0.3 is 0 Å². The number of hydrogen-bond donors (Lipinski definition) is 0. The van der Waals surface area contributed by atoms with Gasteiger partial charge in [0.1, 0.15) is 0 Å². The molecule has 3 rings (SSSR count). The molecule has 1 radical (unpaired) electrons. The largest absolute Gasteiger partial charge is 0.248 e. The van der Waals surface area contributed by atoms with E-state index in [0.29, 0.717) is 0 Å². The Labute approximate surface area is 139 Å². The van der Waals surface area contributed by atoms with Crippen LogP contribution in [-0.2, 0) is 32.6 Å². The summed E-state index contributed by atoms with van der Waals surface area (Å²) in [7, 11) is 2.07. The Bertz CT molecular complexity index is 749. The summed E-state index contributed by atoms with van der Waals surface area (Å²) in [6.45, 7) is 6.67. The van der Waals surface area contributed by atoms with E-state index >= 15 is 0 Å². The van der Waals surface area contributed by atoms with E-state index in [2.05, 4.69) is 91.8 Å². The Morgan fingerprint density at radius 1 is 1.00 bits per heavy atom. The maximum absolute atomic E-state index is 3.41. The average molecular weight is 457 g/mol. The Balaban J connectivity index is 0.00000161. The van der Waals surface area contributed by atoms with E-state index in [0.717, 1.165) is 5.69 Å². The number of nitrogens with zero attached hydrogens (tertiary/aromatic N) is 2. The van der Waals surface area contributed by atoms with Crippen LogP contribution in [0.4, 0.5) is 0 Å². The first-order chi connectivity index (χ1) is 9.47. The van der Waals surface area contributed by atoms with E-state index in [1.807, 2.05) is 0 Å². The molecule has 0 bridgehead atoms. The molecule has 3 aromatic rings. The summed E-state index contributed by atoms with van der Waals surface area (Å²) in [5.74, 6) is 0. The third-order valence-electron chi connectivity index (χ3n) is 3.73. The van der Waals surface area contributed by atoms with Gasteiger partial charge in [-0.25, -0.2) is 9.13 Å². The monoisotopic (exact) mass is 457 g/mol. The molecule has 111 valence electrons. The maximum atomic E-state index is 3.41. The van der Waals surface area contributed by atoms with Gasteiger partial charge in [-0.1, -0.05) is 26.2 Å². The van der Waals surface area contributed by atoms with Crippen LogP contribution in [0.1, 0.15) is 26.3 Å². The van der Waals surface area contributed by atoms with E-state index in [1.54, 1.807) is 0 Å². The number of fused-ring (bicyclic) bond motifs is 1. The molecule has 0 fully saturated rings. The third kappa shape index (κ3) is 2.95. The van der Waals surface area contributed by atoms with Gasteiger partial charge in [0.25, 0.3) is 0 Å². The van der Waals surface area contributed by atoms with Crippen LogP contribution < -0.4 is 0 Å². The molecule has 0 spiro atoms. The molecule has 21 heavy (non-hydrogen) atoms. The standard InChI is InChI=1S/C18H20N2.Ir/c1-18(2,3)14-9-11-15(12-10-14)20-13-19(4)16-7-5-6-8-17(16)20;/h5-11,13H,1-4H3;. The maximum Gasteiger partial charge on any atom is 0.188 e. The fourth-order valence-electron chi connectivity index (χ4n) is 2.49. The first-order valence-electron chi connectivity index (χ1n) is 6.95. The number of rotatable bonds is 1. The minimum absolute atomic E-state index is 0. The van der Waals surface area contributed by atoms with Crippen LogP contribution >= 0.6 is 0 Å². The number of aromatic nitrogens is 2. The zero-order valence-corrected chi connectivity index (χ0v) is 15.2. The quantitative estimate of drug-likeness (QED) is 0.482. The Kier molecular flexibility index (Phi) is 4.36. The fourth-order valence-corrected chi connectivity index (χ4v) is 2.49. The summed E-state index contributed by atoms with van der Waals surface area (Å²) in [6.07, 6.45) is 2.10. The van der Waals surface area contributed by atoms with Crippen LogP contribution in [0.25, 0.3) is 16.7 Å². The van der Waals surface area contributed by atoms with Crippen molar-refractivity contribution in [2.24, 2.45) is 7.05 Å². The van der Waals surface area contributed by atoms with Crippen molar-refractivity contribution in [3.63, 3.8) is 0 Å². The van der Waals surface area contributed by atoms with Gasteiger partial charge in [0.2, 0.25) is 0 Å². The third-order valence-corrected chi connectivity index (χ3v) is 3.73. The molecule has 0 unspecified atom stereocenters. The molecule has 0 N–H and O–H groups in total. The van der Waals surface area contributed by atoms with Crippen molar-refractivity contribution in [2.45, 2.75) is 26.2 Å².